The number of hydrogen-bond donors (Lipinski definition) is 1. The Hall–Kier alpha value is -0.300. The summed E-state index contributed by atoms with van der Waals surface area (Å²) in [7, 11) is 0. The van der Waals surface area contributed by atoms with Gasteiger partial charge in [0.1, 0.15) is 0 Å². The van der Waals surface area contributed by atoms with Crippen LogP contribution in [0.25, 0.3) is 0 Å². The van der Waals surface area contributed by atoms with Crippen LogP contribution >= 0.6 is 0 Å². The minimum atomic E-state index is 0.302. The SMILES string of the molecule is C[C@@H]1CC[C@H]2C(CO)=C[C@@H]3CC(C)(C)C[C@@]132. The predicted molar refractivity (Wildman–Crippen MR) is 66.0 cm³/mol. The molecule has 90 valence electrons. The van der Waals surface area contributed by atoms with Gasteiger partial charge in [0.25, 0.3) is 0 Å². The Morgan fingerprint density at radius 1 is 1.38 bits per heavy atom. The summed E-state index contributed by atoms with van der Waals surface area (Å²) in [6.45, 7) is 7.60. The van der Waals surface area contributed by atoms with Crippen LogP contribution in [0, 0.1) is 28.6 Å². The predicted octanol–water partition coefficient (Wildman–Crippen LogP) is 3.39. The molecule has 0 amide bonds. The van der Waals surface area contributed by atoms with E-state index < -0.39 is 0 Å². The van der Waals surface area contributed by atoms with E-state index in [9.17, 15) is 5.11 Å². The fraction of sp³-hybridized carbons (Fsp3) is 0.867. The third-order valence-corrected chi connectivity index (χ3v) is 5.75. The van der Waals surface area contributed by atoms with Crippen LogP contribution in [-0.4, -0.2) is 11.7 Å². The summed E-state index contributed by atoms with van der Waals surface area (Å²) in [5.41, 5.74) is 2.41. The molecule has 0 bridgehead atoms. The first kappa shape index (κ1) is 10.8. The van der Waals surface area contributed by atoms with E-state index in [-0.39, 0.29) is 0 Å². The van der Waals surface area contributed by atoms with Crippen LogP contribution in [0.3, 0.4) is 0 Å². The van der Waals surface area contributed by atoms with Crippen molar-refractivity contribution >= 4 is 0 Å². The monoisotopic (exact) mass is 220 g/mol. The lowest BCUT2D eigenvalue weighted by Gasteiger charge is -2.36. The van der Waals surface area contributed by atoms with E-state index in [4.69, 9.17) is 0 Å². The van der Waals surface area contributed by atoms with Crippen molar-refractivity contribution in [2.24, 2.45) is 28.6 Å². The Balaban J connectivity index is 2.03. The van der Waals surface area contributed by atoms with Crippen LogP contribution < -0.4 is 0 Å². The Labute approximate surface area is 98.9 Å². The van der Waals surface area contributed by atoms with Gasteiger partial charge in [0.05, 0.1) is 6.61 Å². The molecule has 0 heterocycles. The Morgan fingerprint density at radius 2 is 2.12 bits per heavy atom. The molecule has 0 aromatic carbocycles. The van der Waals surface area contributed by atoms with Crippen molar-refractivity contribution in [2.75, 3.05) is 6.61 Å². The van der Waals surface area contributed by atoms with Gasteiger partial charge in [-0.05, 0) is 59.8 Å². The van der Waals surface area contributed by atoms with Gasteiger partial charge in [-0.15, -0.1) is 0 Å². The van der Waals surface area contributed by atoms with E-state index in [0.717, 1.165) is 11.8 Å². The molecule has 3 aliphatic carbocycles. The Morgan fingerprint density at radius 3 is 2.81 bits per heavy atom. The van der Waals surface area contributed by atoms with Crippen molar-refractivity contribution in [1.29, 1.82) is 0 Å². The summed E-state index contributed by atoms with van der Waals surface area (Å²) < 4.78 is 0. The third kappa shape index (κ3) is 1.16. The van der Waals surface area contributed by atoms with Gasteiger partial charge in [0, 0.05) is 0 Å². The van der Waals surface area contributed by atoms with Gasteiger partial charge in [0.15, 0.2) is 0 Å². The second kappa shape index (κ2) is 3.13. The third-order valence-electron chi connectivity index (χ3n) is 5.75. The average molecular weight is 220 g/mol. The maximum absolute atomic E-state index is 9.51. The molecule has 0 aromatic rings. The van der Waals surface area contributed by atoms with Crippen molar-refractivity contribution in [3.8, 4) is 0 Å². The van der Waals surface area contributed by atoms with Gasteiger partial charge in [-0.3, -0.25) is 0 Å². The zero-order valence-electron chi connectivity index (χ0n) is 10.8. The number of aliphatic hydroxyl groups excluding tert-OH is 1. The second-order valence-corrected chi connectivity index (χ2v) is 7.19. The molecule has 2 fully saturated rings. The lowest BCUT2D eigenvalue weighted by atomic mass is 9.67. The maximum Gasteiger partial charge on any atom is 0.0644 e. The fourth-order valence-electron chi connectivity index (χ4n) is 5.32. The van der Waals surface area contributed by atoms with Crippen molar-refractivity contribution in [1.82, 2.24) is 0 Å². The molecule has 1 heteroatoms. The lowest BCUT2D eigenvalue weighted by molar-refractivity contribution is 0.129. The Kier molecular flexibility index (Phi) is 2.12. The number of rotatable bonds is 1. The summed E-state index contributed by atoms with van der Waals surface area (Å²) in [5.74, 6) is 2.32. The van der Waals surface area contributed by atoms with Crippen LogP contribution in [0.15, 0.2) is 11.6 Å². The zero-order chi connectivity index (χ0) is 11.6. The molecule has 3 rings (SSSR count). The molecule has 0 aromatic heterocycles. The first-order valence-corrected chi connectivity index (χ1v) is 6.81. The molecular formula is C15H24O. The fourth-order valence-corrected chi connectivity index (χ4v) is 5.32. The molecule has 0 aliphatic heterocycles. The van der Waals surface area contributed by atoms with Crippen LogP contribution in [0.5, 0.6) is 0 Å². The lowest BCUT2D eigenvalue weighted by Crippen LogP contribution is -2.31. The highest BCUT2D eigenvalue weighted by Crippen LogP contribution is 2.70. The normalized spacial score (nSPS) is 49.0. The Bertz CT molecular complexity index is 341. The first-order valence-electron chi connectivity index (χ1n) is 6.81. The number of hydrogen-bond acceptors (Lipinski definition) is 1. The second-order valence-electron chi connectivity index (χ2n) is 7.19. The van der Waals surface area contributed by atoms with E-state index >= 15 is 0 Å². The van der Waals surface area contributed by atoms with Crippen molar-refractivity contribution in [3.05, 3.63) is 11.6 Å². The molecule has 2 saturated carbocycles. The zero-order valence-corrected chi connectivity index (χ0v) is 10.8. The van der Waals surface area contributed by atoms with E-state index in [1.165, 1.54) is 31.3 Å². The largest absolute Gasteiger partial charge is 0.392 e. The minimum absolute atomic E-state index is 0.302. The van der Waals surface area contributed by atoms with Crippen LogP contribution in [0.1, 0.15) is 46.5 Å². The van der Waals surface area contributed by atoms with E-state index in [2.05, 4.69) is 26.8 Å². The smallest absolute Gasteiger partial charge is 0.0644 e. The summed E-state index contributed by atoms with van der Waals surface area (Å²) in [6.07, 6.45) is 7.83. The minimum Gasteiger partial charge on any atom is -0.392 e. The average Bonchev–Trinajstić information content (AvgIpc) is 2.73. The van der Waals surface area contributed by atoms with Crippen molar-refractivity contribution in [3.63, 3.8) is 0 Å². The van der Waals surface area contributed by atoms with Gasteiger partial charge in [-0.2, -0.15) is 0 Å². The molecule has 0 unspecified atom stereocenters. The summed E-state index contributed by atoms with van der Waals surface area (Å²) in [6, 6.07) is 0. The molecule has 0 saturated heterocycles. The molecule has 3 aliphatic rings. The van der Waals surface area contributed by atoms with Gasteiger partial charge in [0.2, 0.25) is 0 Å². The number of aliphatic hydroxyl groups is 1. The standard InChI is InChI=1S/C15H24O/c1-10-4-5-13-11(8-16)6-12-7-14(2,3)9-15(10,12)13/h6,10,12-13,16H,4-5,7-9H2,1-3H3/t10-,12-,13+,15-/m1/s1. The molecule has 1 N–H and O–H groups in total. The first-order chi connectivity index (χ1) is 7.49. The van der Waals surface area contributed by atoms with E-state index in [1.807, 2.05) is 0 Å². The van der Waals surface area contributed by atoms with Crippen molar-refractivity contribution < 1.29 is 5.11 Å². The molecule has 16 heavy (non-hydrogen) atoms. The topological polar surface area (TPSA) is 20.2 Å². The molecule has 1 nitrogen and oxygen atoms in total. The number of allylic oxidation sites excluding steroid dienone is 1. The molecule has 0 radical (unpaired) electrons. The highest BCUT2D eigenvalue weighted by Gasteiger charge is 2.62. The van der Waals surface area contributed by atoms with Gasteiger partial charge in [-0.25, -0.2) is 0 Å². The summed E-state index contributed by atoms with van der Waals surface area (Å²) in [5, 5.41) is 9.51. The van der Waals surface area contributed by atoms with Crippen LogP contribution in [0.4, 0.5) is 0 Å². The van der Waals surface area contributed by atoms with Crippen molar-refractivity contribution in [2.45, 2.75) is 46.5 Å². The van der Waals surface area contributed by atoms with E-state index in [1.54, 1.807) is 0 Å². The van der Waals surface area contributed by atoms with Gasteiger partial charge in [-0.1, -0.05) is 26.8 Å². The van der Waals surface area contributed by atoms with Crippen LogP contribution in [-0.2, 0) is 0 Å². The van der Waals surface area contributed by atoms with E-state index in [0.29, 0.717) is 23.4 Å². The highest BCUT2D eigenvalue weighted by molar-refractivity contribution is 5.30. The highest BCUT2D eigenvalue weighted by atomic mass is 16.3. The quantitative estimate of drug-likeness (QED) is 0.672. The van der Waals surface area contributed by atoms with Gasteiger partial charge >= 0.3 is 0 Å². The molecular weight excluding hydrogens is 196 g/mol. The summed E-state index contributed by atoms with van der Waals surface area (Å²) >= 11 is 0. The summed E-state index contributed by atoms with van der Waals surface area (Å²) in [4.78, 5) is 0. The maximum atomic E-state index is 9.51. The molecule has 1 spiro atoms. The van der Waals surface area contributed by atoms with Gasteiger partial charge < -0.3 is 5.11 Å². The molecule has 4 atom stereocenters. The van der Waals surface area contributed by atoms with Crippen LogP contribution in [0.2, 0.25) is 0 Å².